The third-order valence-electron chi connectivity index (χ3n) is 2.71. The molecule has 0 aliphatic carbocycles. The van der Waals surface area contributed by atoms with E-state index in [0.29, 0.717) is 6.54 Å². The molecule has 0 spiro atoms. The van der Waals surface area contributed by atoms with E-state index in [9.17, 15) is 9.59 Å². The summed E-state index contributed by atoms with van der Waals surface area (Å²) in [4.78, 5) is 26.7. The Balaban J connectivity index is 2.48. The van der Waals surface area contributed by atoms with Crippen molar-refractivity contribution in [3.63, 3.8) is 0 Å². The molecule has 0 fully saturated rings. The molecule has 1 aromatic rings. The lowest BCUT2D eigenvalue weighted by Crippen LogP contribution is -2.42. The number of hydrogen-bond acceptors (Lipinski definition) is 4. The molecule has 6 nitrogen and oxygen atoms in total. The molecular weight excluding hydrogens is 270 g/mol. The first-order valence-corrected chi connectivity index (χ1v) is 6.89. The summed E-state index contributed by atoms with van der Waals surface area (Å²) >= 11 is 0. The minimum absolute atomic E-state index is 0.0995. The van der Waals surface area contributed by atoms with Crippen molar-refractivity contribution in [1.29, 1.82) is 0 Å². The average Bonchev–Trinajstić information content (AvgIpc) is 2.36. The van der Waals surface area contributed by atoms with Gasteiger partial charge in [-0.2, -0.15) is 0 Å². The molecule has 1 aromatic heterocycles. The average molecular weight is 293 g/mol. The molecule has 0 saturated heterocycles. The Morgan fingerprint density at radius 1 is 1.38 bits per heavy atom. The lowest BCUT2D eigenvalue weighted by molar-refractivity contribution is -0.122. The van der Waals surface area contributed by atoms with Crippen LogP contribution in [-0.4, -0.2) is 35.0 Å². The minimum atomic E-state index is -0.585. The smallest absolute Gasteiger partial charge is 0.267 e. The summed E-state index contributed by atoms with van der Waals surface area (Å²) in [5.41, 5.74) is 5.60. The summed E-state index contributed by atoms with van der Waals surface area (Å²) in [6.07, 6.45) is 1.78. The quantitative estimate of drug-likeness (QED) is 0.785. The molecule has 0 bridgehead atoms. The van der Waals surface area contributed by atoms with Crippen LogP contribution in [0.5, 0.6) is 0 Å². The number of amides is 2. The van der Waals surface area contributed by atoms with E-state index >= 15 is 0 Å². The van der Waals surface area contributed by atoms with Crippen molar-refractivity contribution in [1.82, 2.24) is 10.3 Å². The second-order valence-electron chi connectivity index (χ2n) is 5.80. The predicted molar refractivity (Wildman–Crippen MR) is 79.8 cm³/mol. The third-order valence-corrected chi connectivity index (χ3v) is 2.71. The van der Waals surface area contributed by atoms with Gasteiger partial charge < -0.3 is 15.8 Å². The van der Waals surface area contributed by atoms with Crippen molar-refractivity contribution < 1.29 is 14.3 Å². The first kappa shape index (κ1) is 17.1. The van der Waals surface area contributed by atoms with Gasteiger partial charge in [-0.3, -0.25) is 14.6 Å². The van der Waals surface area contributed by atoms with E-state index in [0.717, 1.165) is 5.56 Å². The van der Waals surface area contributed by atoms with E-state index in [-0.39, 0.29) is 24.1 Å². The van der Waals surface area contributed by atoms with E-state index in [4.69, 9.17) is 10.5 Å². The van der Waals surface area contributed by atoms with E-state index in [2.05, 4.69) is 10.3 Å². The maximum atomic E-state index is 11.9. The van der Waals surface area contributed by atoms with Gasteiger partial charge in [-0.05, 0) is 39.3 Å². The predicted octanol–water partition coefficient (Wildman–Crippen LogP) is 1.04. The van der Waals surface area contributed by atoms with Gasteiger partial charge in [-0.1, -0.05) is 6.07 Å². The van der Waals surface area contributed by atoms with Crippen LogP contribution < -0.4 is 11.1 Å². The standard InChI is InChI=1S/C15H23N3O3/c1-10(2)21-15(3,4)9-18-13(19)7-11-5-6-12(14(16)20)17-8-11/h5-6,8,10H,7,9H2,1-4H3,(H2,16,20)(H,18,19). The second-order valence-corrected chi connectivity index (χ2v) is 5.80. The van der Waals surface area contributed by atoms with Crippen LogP contribution in [0.1, 0.15) is 43.7 Å². The number of pyridine rings is 1. The highest BCUT2D eigenvalue weighted by Gasteiger charge is 2.20. The summed E-state index contributed by atoms with van der Waals surface area (Å²) in [5, 5.41) is 2.83. The largest absolute Gasteiger partial charge is 0.371 e. The molecule has 0 aliphatic heterocycles. The molecule has 0 atom stereocenters. The van der Waals surface area contributed by atoms with Gasteiger partial charge >= 0.3 is 0 Å². The topological polar surface area (TPSA) is 94.3 Å². The van der Waals surface area contributed by atoms with Crippen molar-refractivity contribution in [3.05, 3.63) is 29.6 Å². The second kappa shape index (κ2) is 7.17. The van der Waals surface area contributed by atoms with Crippen LogP contribution in [0.15, 0.2) is 18.3 Å². The Morgan fingerprint density at radius 2 is 2.05 bits per heavy atom. The van der Waals surface area contributed by atoms with Gasteiger partial charge in [0.2, 0.25) is 5.91 Å². The van der Waals surface area contributed by atoms with Gasteiger partial charge in [0.15, 0.2) is 0 Å². The number of rotatable bonds is 7. The number of nitrogens with one attached hydrogen (secondary N) is 1. The lowest BCUT2D eigenvalue weighted by atomic mass is 10.1. The van der Waals surface area contributed by atoms with Gasteiger partial charge in [-0.15, -0.1) is 0 Å². The summed E-state index contributed by atoms with van der Waals surface area (Å²) < 4.78 is 5.70. The number of nitrogens with zero attached hydrogens (tertiary/aromatic N) is 1. The van der Waals surface area contributed by atoms with Gasteiger partial charge in [0, 0.05) is 12.7 Å². The molecule has 0 unspecified atom stereocenters. The van der Waals surface area contributed by atoms with Crippen LogP contribution in [0.4, 0.5) is 0 Å². The first-order valence-electron chi connectivity index (χ1n) is 6.89. The van der Waals surface area contributed by atoms with Crippen molar-refractivity contribution in [2.24, 2.45) is 5.73 Å². The van der Waals surface area contributed by atoms with Gasteiger partial charge in [0.25, 0.3) is 5.91 Å². The van der Waals surface area contributed by atoms with E-state index < -0.39 is 11.5 Å². The molecule has 1 rings (SSSR count). The zero-order valence-electron chi connectivity index (χ0n) is 13.0. The number of nitrogens with two attached hydrogens (primary N) is 1. The number of ether oxygens (including phenoxy) is 1. The van der Waals surface area contributed by atoms with Crippen LogP contribution in [0, 0.1) is 0 Å². The van der Waals surface area contributed by atoms with Crippen LogP contribution in [0.3, 0.4) is 0 Å². The number of carbonyl (C=O) groups excluding carboxylic acids is 2. The summed E-state index contributed by atoms with van der Waals surface area (Å²) in [7, 11) is 0. The number of carbonyl (C=O) groups is 2. The molecule has 1 heterocycles. The van der Waals surface area contributed by atoms with Crippen molar-refractivity contribution in [3.8, 4) is 0 Å². The fraction of sp³-hybridized carbons (Fsp3) is 0.533. The normalized spacial score (nSPS) is 11.5. The van der Waals surface area contributed by atoms with Crippen LogP contribution >= 0.6 is 0 Å². The van der Waals surface area contributed by atoms with Gasteiger partial charge in [0.05, 0.1) is 18.1 Å². The zero-order valence-corrected chi connectivity index (χ0v) is 13.0. The van der Waals surface area contributed by atoms with E-state index in [1.807, 2.05) is 27.7 Å². The zero-order chi connectivity index (χ0) is 16.0. The Labute approximate surface area is 125 Å². The number of aromatic nitrogens is 1. The molecule has 2 amide bonds. The molecule has 6 heteroatoms. The maximum Gasteiger partial charge on any atom is 0.267 e. The van der Waals surface area contributed by atoms with Crippen LogP contribution in [0.25, 0.3) is 0 Å². The van der Waals surface area contributed by atoms with Gasteiger partial charge in [-0.25, -0.2) is 0 Å². The highest BCUT2D eigenvalue weighted by atomic mass is 16.5. The summed E-state index contributed by atoms with van der Waals surface area (Å²) in [5.74, 6) is -0.706. The monoisotopic (exact) mass is 293 g/mol. The SMILES string of the molecule is CC(C)OC(C)(C)CNC(=O)Cc1ccc(C(N)=O)nc1. The van der Waals surface area contributed by atoms with Crippen molar-refractivity contribution >= 4 is 11.8 Å². The lowest BCUT2D eigenvalue weighted by Gasteiger charge is -2.28. The summed E-state index contributed by atoms with van der Waals surface area (Å²) in [6.45, 7) is 8.19. The molecule has 116 valence electrons. The molecular formula is C15H23N3O3. The fourth-order valence-corrected chi connectivity index (χ4v) is 1.91. The van der Waals surface area contributed by atoms with Gasteiger partial charge in [0.1, 0.15) is 5.69 Å². The van der Waals surface area contributed by atoms with Crippen LogP contribution in [-0.2, 0) is 16.0 Å². The highest BCUT2D eigenvalue weighted by Crippen LogP contribution is 2.11. The Hall–Kier alpha value is -1.95. The molecule has 0 aliphatic rings. The number of primary amides is 1. The number of hydrogen-bond donors (Lipinski definition) is 2. The minimum Gasteiger partial charge on any atom is -0.371 e. The van der Waals surface area contributed by atoms with E-state index in [1.165, 1.54) is 12.3 Å². The molecule has 0 radical (unpaired) electrons. The molecule has 0 aromatic carbocycles. The first-order chi connectivity index (χ1) is 9.69. The summed E-state index contributed by atoms with van der Waals surface area (Å²) in [6, 6.07) is 3.18. The third kappa shape index (κ3) is 6.35. The molecule has 3 N–H and O–H groups in total. The van der Waals surface area contributed by atoms with Crippen molar-refractivity contribution in [2.45, 2.75) is 45.8 Å². The van der Waals surface area contributed by atoms with Crippen LogP contribution in [0.2, 0.25) is 0 Å². The van der Waals surface area contributed by atoms with Crippen molar-refractivity contribution in [2.75, 3.05) is 6.54 Å². The maximum absolute atomic E-state index is 11.9. The Bertz CT molecular complexity index is 495. The van der Waals surface area contributed by atoms with E-state index in [1.54, 1.807) is 6.07 Å². The Kier molecular flexibility index (Phi) is 5.84. The molecule has 0 saturated carbocycles. The Morgan fingerprint density at radius 3 is 2.52 bits per heavy atom. The fourth-order valence-electron chi connectivity index (χ4n) is 1.91. The highest BCUT2D eigenvalue weighted by molar-refractivity contribution is 5.90. The molecule has 21 heavy (non-hydrogen) atoms.